The first-order valence-corrected chi connectivity index (χ1v) is 3.34. The van der Waals surface area contributed by atoms with Crippen LogP contribution < -0.4 is 5.73 Å². The molecule has 1 atom stereocenters. The number of nitrogens with two attached hydrogens (primary N) is 1. The van der Waals surface area contributed by atoms with E-state index in [0.29, 0.717) is 0 Å². The number of oxazole rings is 1. The van der Waals surface area contributed by atoms with Crippen molar-refractivity contribution in [3.8, 4) is 0 Å². The SMILES string of the molecule is CC(C(N)=O)C(=O)c1cocn1. The summed E-state index contributed by atoms with van der Waals surface area (Å²) in [6.07, 6.45) is 2.31. The molecule has 2 N–H and O–H groups in total. The molecule has 0 saturated carbocycles. The fourth-order valence-electron chi connectivity index (χ4n) is 0.685. The van der Waals surface area contributed by atoms with Gasteiger partial charge >= 0.3 is 0 Å². The first kappa shape index (κ1) is 8.45. The Kier molecular flexibility index (Phi) is 2.23. The summed E-state index contributed by atoms with van der Waals surface area (Å²) < 4.78 is 4.58. The zero-order chi connectivity index (χ0) is 9.14. The average molecular weight is 168 g/mol. The molecular weight excluding hydrogens is 160 g/mol. The quantitative estimate of drug-likeness (QED) is 0.507. The van der Waals surface area contributed by atoms with Crippen molar-refractivity contribution in [2.24, 2.45) is 11.7 Å². The molecule has 0 aliphatic rings. The molecule has 1 amide bonds. The van der Waals surface area contributed by atoms with Crippen LogP contribution in [0.5, 0.6) is 0 Å². The van der Waals surface area contributed by atoms with Crippen LogP contribution in [0.25, 0.3) is 0 Å². The molecule has 1 aromatic heterocycles. The van der Waals surface area contributed by atoms with Gasteiger partial charge in [-0.1, -0.05) is 0 Å². The van der Waals surface area contributed by atoms with Gasteiger partial charge in [0.15, 0.2) is 12.2 Å². The van der Waals surface area contributed by atoms with Gasteiger partial charge < -0.3 is 10.2 Å². The molecule has 0 radical (unpaired) electrons. The van der Waals surface area contributed by atoms with Crippen LogP contribution in [-0.4, -0.2) is 16.7 Å². The van der Waals surface area contributed by atoms with Crippen LogP contribution in [-0.2, 0) is 4.79 Å². The summed E-state index contributed by atoms with van der Waals surface area (Å²) in [4.78, 5) is 25.4. The molecule has 5 nitrogen and oxygen atoms in total. The third-order valence-electron chi connectivity index (χ3n) is 1.50. The number of hydrogen-bond donors (Lipinski definition) is 1. The first-order chi connectivity index (χ1) is 5.63. The minimum absolute atomic E-state index is 0.126. The van der Waals surface area contributed by atoms with Gasteiger partial charge in [0, 0.05) is 0 Å². The monoisotopic (exact) mass is 168 g/mol. The number of amides is 1. The van der Waals surface area contributed by atoms with E-state index in [-0.39, 0.29) is 5.69 Å². The Morgan fingerprint density at radius 3 is 2.75 bits per heavy atom. The number of nitrogens with zero attached hydrogens (tertiary/aromatic N) is 1. The summed E-state index contributed by atoms with van der Waals surface area (Å²) in [7, 11) is 0. The molecule has 1 unspecified atom stereocenters. The Balaban J connectivity index is 2.79. The molecule has 0 aromatic carbocycles. The topological polar surface area (TPSA) is 86.2 Å². The number of primary amides is 1. The van der Waals surface area contributed by atoms with E-state index in [2.05, 4.69) is 9.40 Å². The van der Waals surface area contributed by atoms with E-state index in [9.17, 15) is 9.59 Å². The van der Waals surface area contributed by atoms with Crippen molar-refractivity contribution in [3.63, 3.8) is 0 Å². The predicted molar refractivity (Wildman–Crippen MR) is 39.2 cm³/mol. The highest BCUT2D eigenvalue weighted by atomic mass is 16.3. The fraction of sp³-hybridized carbons (Fsp3) is 0.286. The number of hydrogen-bond acceptors (Lipinski definition) is 4. The van der Waals surface area contributed by atoms with Crippen LogP contribution in [0.3, 0.4) is 0 Å². The molecule has 0 aliphatic carbocycles. The molecule has 0 fully saturated rings. The summed E-state index contributed by atoms with van der Waals surface area (Å²) >= 11 is 0. The second kappa shape index (κ2) is 3.17. The van der Waals surface area contributed by atoms with Gasteiger partial charge in [-0.2, -0.15) is 0 Å². The van der Waals surface area contributed by atoms with E-state index in [1.165, 1.54) is 13.2 Å². The van der Waals surface area contributed by atoms with Crippen molar-refractivity contribution in [2.45, 2.75) is 6.92 Å². The lowest BCUT2D eigenvalue weighted by molar-refractivity contribution is -0.119. The zero-order valence-corrected chi connectivity index (χ0v) is 6.48. The van der Waals surface area contributed by atoms with Crippen LogP contribution in [0.2, 0.25) is 0 Å². The van der Waals surface area contributed by atoms with Gasteiger partial charge in [0.2, 0.25) is 5.91 Å². The van der Waals surface area contributed by atoms with Gasteiger partial charge in [0.05, 0.1) is 5.92 Å². The predicted octanol–water partition coefficient (Wildman–Crippen LogP) is -0.0213. The van der Waals surface area contributed by atoms with E-state index >= 15 is 0 Å². The Bertz CT molecular complexity index is 292. The van der Waals surface area contributed by atoms with Crippen LogP contribution in [0.15, 0.2) is 17.1 Å². The number of carbonyl (C=O) groups excluding carboxylic acids is 2. The second-order valence-electron chi connectivity index (χ2n) is 2.36. The molecule has 1 aromatic rings. The molecule has 5 heteroatoms. The summed E-state index contributed by atoms with van der Waals surface area (Å²) in [5, 5.41) is 0. The summed E-state index contributed by atoms with van der Waals surface area (Å²) in [6.45, 7) is 1.43. The van der Waals surface area contributed by atoms with Crippen LogP contribution in [0.4, 0.5) is 0 Å². The van der Waals surface area contributed by atoms with Crippen molar-refractivity contribution in [1.29, 1.82) is 0 Å². The highest BCUT2D eigenvalue weighted by molar-refractivity contribution is 6.08. The van der Waals surface area contributed by atoms with Gasteiger partial charge in [-0.25, -0.2) is 4.98 Å². The summed E-state index contributed by atoms with van der Waals surface area (Å²) in [5.41, 5.74) is 5.05. The lowest BCUT2D eigenvalue weighted by Crippen LogP contribution is -2.27. The summed E-state index contributed by atoms with van der Waals surface area (Å²) in [6, 6.07) is 0. The number of ketones is 1. The second-order valence-corrected chi connectivity index (χ2v) is 2.36. The van der Waals surface area contributed by atoms with E-state index in [4.69, 9.17) is 5.73 Å². The van der Waals surface area contributed by atoms with Crippen LogP contribution in [0, 0.1) is 5.92 Å². The largest absolute Gasteiger partial charge is 0.451 e. The zero-order valence-electron chi connectivity index (χ0n) is 6.48. The van der Waals surface area contributed by atoms with Crippen LogP contribution >= 0.6 is 0 Å². The molecule has 1 heterocycles. The van der Waals surface area contributed by atoms with Crippen molar-refractivity contribution in [3.05, 3.63) is 18.4 Å². The van der Waals surface area contributed by atoms with E-state index in [1.54, 1.807) is 0 Å². The van der Waals surface area contributed by atoms with Gasteiger partial charge in [0.1, 0.15) is 12.0 Å². The lowest BCUT2D eigenvalue weighted by Gasteiger charge is -2.01. The van der Waals surface area contributed by atoms with E-state index < -0.39 is 17.6 Å². The third-order valence-corrected chi connectivity index (χ3v) is 1.50. The van der Waals surface area contributed by atoms with Crippen LogP contribution in [0.1, 0.15) is 17.4 Å². The van der Waals surface area contributed by atoms with Gasteiger partial charge in [-0.05, 0) is 6.92 Å². The molecule has 0 bridgehead atoms. The normalized spacial score (nSPS) is 12.4. The van der Waals surface area contributed by atoms with E-state index in [0.717, 1.165) is 6.39 Å². The minimum atomic E-state index is -0.852. The van der Waals surface area contributed by atoms with Gasteiger partial charge in [-0.15, -0.1) is 0 Å². The highest BCUT2D eigenvalue weighted by Gasteiger charge is 2.21. The number of rotatable bonds is 3. The van der Waals surface area contributed by atoms with E-state index in [1.807, 2.05) is 0 Å². The smallest absolute Gasteiger partial charge is 0.228 e. The molecular formula is C7H8N2O3. The number of Topliss-reactive ketones (excluding diaryl/α,β-unsaturated/α-hetero) is 1. The maximum absolute atomic E-state index is 11.2. The Labute approximate surface area is 68.6 Å². The number of aromatic nitrogens is 1. The molecule has 1 rings (SSSR count). The standard InChI is InChI=1S/C7H8N2O3/c1-4(7(8)11)6(10)5-2-12-3-9-5/h2-4H,1H3,(H2,8,11). The molecule has 0 aliphatic heterocycles. The number of carbonyl (C=O) groups is 2. The third kappa shape index (κ3) is 1.50. The van der Waals surface area contributed by atoms with Crippen molar-refractivity contribution in [2.75, 3.05) is 0 Å². The first-order valence-electron chi connectivity index (χ1n) is 3.34. The highest BCUT2D eigenvalue weighted by Crippen LogP contribution is 2.05. The average Bonchev–Trinajstić information content (AvgIpc) is 2.53. The fourth-order valence-corrected chi connectivity index (χ4v) is 0.685. The Morgan fingerprint density at radius 1 is 1.67 bits per heavy atom. The molecule has 0 saturated heterocycles. The van der Waals surface area contributed by atoms with Crippen molar-refractivity contribution in [1.82, 2.24) is 4.98 Å². The van der Waals surface area contributed by atoms with Gasteiger partial charge in [0.25, 0.3) is 0 Å². The molecule has 64 valence electrons. The minimum Gasteiger partial charge on any atom is -0.451 e. The maximum atomic E-state index is 11.2. The summed E-state index contributed by atoms with van der Waals surface area (Å²) in [5.74, 6) is -1.94. The Morgan fingerprint density at radius 2 is 2.33 bits per heavy atom. The van der Waals surface area contributed by atoms with Crippen molar-refractivity contribution >= 4 is 11.7 Å². The Hall–Kier alpha value is -1.65. The van der Waals surface area contributed by atoms with Crippen molar-refractivity contribution < 1.29 is 14.0 Å². The molecule has 12 heavy (non-hydrogen) atoms. The molecule has 0 spiro atoms. The maximum Gasteiger partial charge on any atom is 0.228 e. The van der Waals surface area contributed by atoms with Gasteiger partial charge in [-0.3, -0.25) is 9.59 Å². The lowest BCUT2D eigenvalue weighted by atomic mass is 10.0.